The van der Waals surface area contributed by atoms with Gasteiger partial charge in [0, 0.05) is 16.7 Å². The molecule has 1 aromatic heterocycles. The number of alkyl halides is 1. The first-order valence-corrected chi connectivity index (χ1v) is 6.49. The van der Waals surface area contributed by atoms with Gasteiger partial charge in [-0.1, -0.05) is 11.6 Å². The maximum absolute atomic E-state index is 6.43. The van der Waals surface area contributed by atoms with E-state index in [1.165, 1.54) is 0 Å². The number of ether oxygens (including phenoxy) is 2. The third-order valence-electron chi connectivity index (χ3n) is 2.91. The summed E-state index contributed by atoms with van der Waals surface area (Å²) < 4.78 is 15.8. The summed E-state index contributed by atoms with van der Waals surface area (Å²) in [5, 5.41) is 0.0377. The summed E-state index contributed by atoms with van der Waals surface area (Å²) in [6.45, 7) is 1.93. The maximum atomic E-state index is 6.43. The summed E-state index contributed by atoms with van der Waals surface area (Å²) >= 11 is 12.7. The topological polar surface area (TPSA) is 31.6 Å². The van der Waals surface area contributed by atoms with Gasteiger partial charge in [0.15, 0.2) is 11.5 Å². The average molecular weight is 301 g/mol. The molecule has 0 bridgehead atoms. The minimum atomic E-state index is -0.470. The number of hydrogen-bond acceptors (Lipinski definition) is 3. The third kappa shape index (κ3) is 2.67. The Balaban J connectivity index is 2.48. The van der Waals surface area contributed by atoms with Gasteiger partial charge in [0.1, 0.15) is 11.1 Å². The lowest BCUT2D eigenvalue weighted by molar-refractivity contribution is 0.354. The minimum Gasteiger partial charge on any atom is -0.493 e. The van der Waals surface area contributed by atoms with E-state index in [2.05, 4.69) is 0 Å². The Bertz CT molecular complexity index is 578. The van der Waals surface area contributed by atoms with Crippen LogP contribution in [0.2, 0.25) is 5.02 Å². The molecule has 0 saturated carbocycles. The summed E-state index contributed by atoms with van der Waals surface area (Å²) in [5.74, 6) is 1.82. The van der Waals surface area contributed by atoms with Gasteiger partial charge in [-0.25, -0.2) is 0 Å². The number of methoxy groups -OCH3 is 2. The first-order chi connectivity index (χ1) is 9.08. The quantitative estimate of drug-likeness (QED) is 0.774. The van der Waals surface area contributed by atoms with Crippen LogP contribution in [0.15, 0.2) is 28.9 Å². The molecule has 0 amide bonds. The van der Waals surface area contributed by atoms with Crippen LogP contribution in [0.5, 0.6) is 11.5 Å². The molecule has 0 N–H and O–H groups in total. The SMILES string of the molecule is COc1cc(Cl)c(C(Cl)c2occc2C)cc1OC. The van der Waals surface area contributed by atoms with Crippen molar-refractivity contribution < 1.29 is 13.9 Å². The van der Waals surface area contributed by atoms with Crippen molar-refractivity contribution in [3.63, 3.8) is 0 Å². The Kier molecular flexibility index (Phi) is 4.27. The van der Waals surface area contributed by atoms with E-state index in [9.17, 15) is 0 Å². The molecule has 1 heterocycles. The molecule has 102 valence electrons. The highest BCUT2D eigenvalue weighted by molar-refractivity contribution is 6.33. The zero-order valence-corrected chi connectivity index (χ0v) is 12.4. The third-order valence-corrected chi connectivity index (χ3v) is 3.67. The highest BCUT2D eigenvalue weighted by Crippen LogP contribution is 2.41. The fraction of sp³-hybridized carbons (Fsp3) is 0.286. The summed E-state index contributed by atoms with van der Waals surface area (Å²) in [6.07, 6.45) is 1.61. The Morgan fingerprint density at radius 1 is 1.16 bits per heavy atom. The van der Waals surface area contributed by atoms with Crippen LogP contribution in [0.25, 0.3) is 0 Å². The first-order valence-electron chi connectivity index (χ1n) is 5.68. The highest BCUT2D eigenvalue weighted by atomic mass is 35.5. The van der Waals surface area contributed by atoms with Gasteiger partial charge in [0.2, 0.25) is 0 Å². The standard InChI is InChI=1S/C14H14Cl2O3/c1-8-4-5-19-14(8)13(16)9-6-11(17-2)12(18-3)7-10(9)15/h4-7,13H,1-3H3. The summed E-state index contributed by atoms with van der Waals surface area (Å²) in [6, 6.07) is 5.31. The molecule has 2 rings (SSSR count). The lowest BCUT2D eigenvalue weighted by atomic mass is 10.1. The summed E-state index contributed by atoms with van der Waals surface area (Å²) in [7, 11) is 3.12. The number of benzene rings is 1. The van der Waals surface area contributed by atoms with Crippen molar-refractivity contribution in [1.82, 2.24) is 0 Å². The molecule has 0 aliphatic carbocycles. The number of rotatable bonds is 4. The molecule has 0 radical (unpaired) electrons. The van der Waals surface area contributed by atoms with Crippen molar-refractivity contribution in [3.8, 4) is 11.5 Å². The van der Waals surface area contributed by atoms with Crippen molar-refractivity contribution in [2.75, 3.05) is 14.2 Å². The van der Waals surface area contributed by atoms with Crippen molar-refractivity contribution in [2.45, 2.75) is 12.3 Å². The summed E-state index contributed by atoms with van der Waals surface area (Å²) in [5.41, 5.74) is 1.70. The normalized spacial score (nSPS) is 12.3. The molecule has 1 unspecified atom stereocenters. The molecule has 0 aliphatic heterocycles. The van der Waals surface area contributed by atoms with Gasteiger partial charge in [0.25, 0.3) is 0 Å². The Labute approximate surface area is 122 Å². The molecule has 19 heavy (non-hydrogen) atoms. The van der Waals surface area contributed by atoms with Gasteiger partial charge in [-0.2, -0.15) is 0 Å². The fourth-order valence-corrected chi connectivity index (χ4v) is 2.57. The average Bonchev–Trinajstić information content (AvgIpc) is 2.83. The minimum absolute atomic E-state index is 0.470. The monoisotopic (exact) mass is 300 g/mol. The van der Waals surface area contributed by atoms with Crippen LogP contribution in [0.1, 0.15) is 22.3 Å². The number of hydrogen-bond donors (Lipinski definition) is 0. The van der Waals surface area contributed by atoms with Crippen molar-refractivity contribution in [3.05, 3.63) is 46.4 Å². The van der Waals surface area contributed by atoms with E-state index < -0.39 is 5.38 Å². The number of furan rings is 1. The van der Waals surface area contributed by atoms with Crippen molar-refractivity contribution in [2.24, 2.45) is 0 Å². The molecule has 5 heteroatoms. The van der Waals surface area contributed by atoms with Crippen LogP contribution in [-0.2, 0) is 0 Å². The van der Waals surface area contributed by atoms with Crippen molar-refractivity contribution >= 4 is 23.2 Å². The van der Waals surface area contributed by atoms with Gasteiger partial charge in [0.05, 0.1) is 20.5 Å². The molecule has 2 aromatic rings. The number of aryl methyl sites for hydroxylation is 1. The van der Waals surface area contributed by atoms with Crippen LogP contribution < -0.4 is 9.47 Å². The Morgan fingerprint density at radius 3 is 2.32 bits per heavy atom. The van der Waals surface area contributed by atoms with E-state index >= 15 is 0 Å². The lowest BCUT2D eigenvalue weighted by Crippen LogP contribution is -1.98. The van der Waals surface area contributed by atoms with Crippen LogP contribution in [0.4, 0.5) is 0 Å². The van der Waals surface area contributed by atoms with E-state index in [0.717, 1.165) is 11.1 Å². The zero-order chi connectivity index (χ0) is 14.0. The Hall–Kier alpha value is -1.32. The molecule has 1 aromatic carbocycles. The molecule has 0 saturated heterocycles. The van der Waals surface area contributed by atoms with E-state index in [-0.39, 0.29) is 0 Å². The molecule has 0 aliphatic rings. The van der Waals surface area contributed by atoms with Crippen LogP contribution in [0.3, 0.4) is 0 Å². The van der Waals surface area contributed by atoms with Crippen LogP contribution >= 0.6 is 23.2 Å². The van der Waals surface area contributed by atoms with E-state index in [1.54, 1.807) is 32.6 Å². The molecular formula is C14H14Cl2O3. The first kappa shape index (κ1) is 14.1. The van der Waals surface area contributed by atoms with E-state index in [0.29, 0.717) is 22.3 Å². The van der Waals surface area contributed by atoms with Gasteiger partial charge >= 0.3 is 0 Å². The molecule has 0 fully saturated rings. The smallest absolute Gasteiger partial charge is 0.162 e. The maximum Gasteiger partial charge on any atom is 0.162 e. The van der Waals surface area contributed by atoms with Gasteiger partial charge in [-0.15, -0.1) is 11.6 Å². The highest BCUT2D eigenvalue weighted by Gasteiger charge is 2.21. The van der Waals surface area contributed by atoms with Crippen LogP contribution in [-0.4, -0.2) is 14.2 Å². The van der Waals surface area contributed by atoms with Gasteiger partial charge in [-0.05, 0) is 24.6 Å². The lowest BCUT2D eigenvalue weighted by Gasteiger charge is -2.14. The van der Waals surface area contributed by atoms with Crippen molar-refractivity contribution in [1.29, 1.82) is 0 Å². The van der Waals surface area contributed by atoms with Crippen LogP contribution in [0, 0.1) is 6.92 Å². The van der Waals surface area contributed by atoms with Gasteiger partial charge < -0.3 is 13.9 Å². The zero-order valence-electron chi connectivity index (χ0n) is 10.9. The second-order valence-corrected chi connectivity index (χ2v) is 4.90. The molecule has 0 spiro atoms. The van der Waals surface area contributed by atoms with E-state index in [4.69, 9.17) is 37.1 Å². The predicted molar refractivity (Wildman–Crippen MR) is 75.7 cm³/mol. The Morgan fingerprint density at radius 2 is 1.79 bits per heavy atom. The second kappa shape index (κ2) is 5.76. The largest absolute Gasteiger partial charge is 0.493 e. The molecule has 3 nitrogen and oxygen atoms in total. The number of halogens is 2. The molecule has 1 atom stereocenters. The fourth-order valence-electron chi connectivity index (χ4n) is 1.85. The second-order valence-electron chi connectivity index (χ2n) is 4.06. The summed E-state index contributed by atoms with van der Waals surface area (Å²) in [4.78, 5) is 0. The molecular weight excluding hydrogens is 287 g/mol. The predicted octanol–water partition coefficient (Wildman–Crippen LogP) is 4.59. The van der Waals surface area contributed by atoms with Gasteiger partial charge in [-0.3, -0.25) is 0 Å². The van der Waals surface area contributed by atoms with E-state index in [1.807, 2.05) is 13.0 Å².